The molecule has 1 unspecified atom stereocenters. The van der Waals surface area contributed by atoms with E-state index in [1.165, 1.54) is 0 Å². The summed E-state index contributed by atoms with van der Waals surface area (Å²) in [5.74, 6) is 0. The SMILES string of the molecule is CCN1CCOC(CNc2nc3ccc(Cl)cc3s2)C1. The average Bonchev–Trinajstić information content (AvgIpc) is 2.87. The number of rotatable bonds is 4. The standard InChI is InChI=1S/C14H18ClN3OS/c1-2-18-5-6-19-11(9-18)8-16-14-17-12-4-3-10(15)7-13(12)20-14/h3-4,7,11H,2,5-6,8-9H2,1H3,(H,16,17). The minimum absolute atomic E-state index is 0.235. The van der Waals surface area contributed by atoms with Crippen molar-refractivity contribution in [2.75, 3.05) is 38.1 Å². The number of halogens is 1. The summed E-state index contributed by atoms with van der Waals surface area (Å²) in [7, 11) is 0. The third-order valence-electron chi connectivity index (χ3n) is 3.50. The van der Waals surface area contributed by atoms with Gasteiger partial charge in [0.2, 0.25) is 0 Å². The zero-order valence-corrected chi connectivity index (χ0v) is 13.0. The van der Waals surface area contributed by atoms with Gasteiger partial charge in [0, 0.05) is 24.7 Å². The van der Waals surface area contributed by atoms with E-state index in [0.717, 1.165) is 53.2 Å². The van der Waals surface area contributed by atoms with Crippen LogP contribution in [0.25, 0.3) is 10.2 Å². The molecule has 2 heterocycles. The van der Waals surface area contributed by atoms with Crippen LogP contribution < -0.4 is 5.32 Å². The van der Waals surface area contributed by atoms with Crippen LogP contribution in [0, 0.1) is 0 Å². The van der Waals surface area contributed by atoms with Gasteiger partial charge in [-0.25, -0.2) is 4.98 Å². The van der Waals surface area contributed by atoms with Crippen molar-refractivity contribution in [3.05, 3.63) is 23.2 Å². The van der Waals surface area contributed by atoms with Gasteiger partial charge in [0.25, 0.3) is 0 Å². The number of benzene rings is 1. The quantitative estimate of drug-likeness (QED) is 0.941. The van der Waals surface area contributed by atoms with Gasteiger partial charge in [0.15, 0.2) is 5.13 Å². The first-order chi connectivity index (χ1) is 9.74. The number of aromatic nitrogens is 1. The zero-order valence-electron chi connectivity index (χ0n) is 11.4. The molecule has 6 heteroatoms. The molecule has 1 saturated heterocycles. The molecule has 1 N–H and O–H groups in total. The molecule has 0 aliphatic carbocycles. The summed E-state index contributed by atoms with van der Waals surface area (Å²) in [5, 5.41) is 5.06. The van der Waals surface area contributed by atoms with Crippen molar-refractivity contribution in [1.29, 1.82) is 0 Å². The lowest BCUT2D eigenvalue weighted by Gasteiger charge is -2.32. The molecule has 1 aliphatic rings. The Balaban J connectivity index is 1.62. The zero-order chi connectivity index (χ0) is 13.9. The van der Waals surface area contributed by atoms with Crippen LogP contribution in [0.5, 0.6) is 0 Å². The predicted octanol–water partition coefficient (Wildman–Crippen LogP) is 3.08. The minimum Gasteiger partial charge on any atom is -0.374 e. The third-order valence-corrected chi connectivity index (χ3v) is 4.71. The van der Waals surface area contributed by atoms with Crippen LogP contribution in [0.2, 0.25) is 5.02 Å². The summed E-state index contributed by atoms with van der Waals surface area (Å²) in [6.07, 6.45) is 0.235. The lowest BCUT2D eigenvalue weighted by molar-refractivity contribution is -0.0191. The molecule has 1 aliphatic heterocycles. The maximum absolute atomic E-state index is 5.99. The molecule has 20 heavy (non-hydrogen) atoms. The van der Waals surface area contributed by atoms with Gasteiger partial charge in [-0.3, -0.25) is 4.90 Å². The first-order valence-corrected chi connectivity index (χ1v) is 8.08. The molecule has 0 radical (unpaired) electrons. The molecule has 108 valence electrons. The number of thiazole rings is 1. The van der Waals surface area contributed by atoms with Crippen molar-refractivity contribution in [3.63, 3.8) is 0 Å². The van der Waals surface area contributed by atoms with E-state index in [1.807, 2.05) is 18.2 Å². The Hall–Kier alpha value is -0.880. The van der Waals surface area contributed by atoms with E-state index in [4.69, 9.17) is 16.3 Å². The second kappa shape index (κ2) is 6.26. The second-order valence-electron chi connectivity index (χ2n) is 4.90. The highest BCUT2D eigenvalue weighted by Crippen LogP contribution is 2.28. The molecule has 1 atom stereocenters. The molecule has 1 fully saturated rings. The maximum atomic E-state index is 5.99. The molecule has 3 rings (SSSR count). The predicted molar refractivity (Wildman–Crippen MR) is 85.0 cm³/mol. The number of ether oxygens (including phenoxy) is 1. The van der Waals surface area contributed by atoms with E-state index < -0.39 is 0 Å². The number of nitrogens with zero attached hydrogens (tertiary/aromatic N) is 2. The third kappa shape index (κ3) is 3.23. The smallest absolute Gasteiger partial charge is 0.183 e. The van der Waals surface area contributed by atoms with Crippen molar-refractivity contribution < 1.29 is 4.74 Å². The van der Waals surface area contributed by atoms with Gasteiger partial charge in [0.1, 0.15) is 0 Å². The summed E-state index contributed by atoms with van der Waals surface area (Å²) >= 11 is 7.62. The Morgan fingerprint density at radius 1 is 1.55 bits per heavy atom. The fraction of sp³-hybridized carbons (Fsp3) is 0.500. The number of fused-ring (bicyclic) bond motifs is 1. The van der Waals surface area contributed by atoms with Crippen LogP contribution in [0.4, 0.5) is 5.13 Å². The van der Waals surface area contributed by atoms with Crippen molar-refractivity contribution in [2.45, 2.75) is 13.0 Å². The fourth-order valence-corrected chi connectivity index (χ4v) is 3.52. The molecule has 4 nitrogen and oxygen atoms in total. The Morgan fingerprint density at radius 3 is 3.30 bits per heavy atom. The van der Waals surface area contributed by atoms with Crippen molar-refractivity contribution >= 4 is 38.3 Å². The largest absolute Gasteiger partial charge is 0.374 e. The maximum Gasteiger partial charge on any atom is 0.183 e. The van der Waals surface area contributed by atoms with E-state index in [0.29, 0.717) is 0 Å². The highest BCUT2D eigenvalue weighted by atomic mass is 35.5. The van der Waals surface area contributed by atoms with E-state index in [-0.39, 0.29) is 6.10 Å². The number of hydrogen-bond acceptors (Lipinski definition) is 5. The molecule has 1 aromatic carbocycles. The summed E-state index contributed by atoms with van der Waals surface area (Å²) < 4.78 is 6.89. The van der Waals surface area contributed by atoms with Gasteiger partial charge in [-0.1, -0.05) is 29.9 Å². The number of morpholine rings is 1. The van der Waals surface area contributed by atoms with Crippen LogP contribution in [-0.4, -0.2) is 48.8 Å². The van der Waals surface area contributed by atoms with Crippen molar-refractivity contribution in [2.24, 2.45) is 0 Å². The van der Waals surface area contributed by atoms with Gasteiger partial charge in [-0.15, -0.1) is 0 Å². The van der Waals surface area contributed by atoms with Crippen LogP contribution in [-0.2, 0) is 4.74 Å². The number of likely N-dealkylation sites (N-methyl/N-ethyl adjacent to an activating group) is 1. The molecular formula is C14H18ClN3OS. The summed E-state index contributed by atoms with van der Waals surface area (Å²) in [6.45, 7) is 6.90. The Morgan fingerprint density at radius 2 is 2.45 bits per heavy atom. The van der Waals surface area contributed by atoms with Crippen molar-refractivity contribution in [3.8, 4) is 0 Å². The van der Waals surface area contributed by atoms with Crippen molar-refractivity contribution in [1.82, 2.24) is 9.88 Å². The number of nitrogens with one attached hydrogen (secondary N) is 1. The minimum atomic E-state index is 0.235. The highest BCUT2D eigenvalue weighted by Gasteiger charge is 2.19. The highest BCUT2D eigenvalue weighted by molar-refractivity contribution is 7.22. The first kappa shape index (κ1) is 14.1. The van der Waals surface area contributed by atoms with Gasteiger partial charge >= 0.3 is 0 Å². The van der Waals surface area contributed by atoms with Gasteiger partial charge in [-0.2, -0.15) is 0 Å². The molecular weight excluding hydrogens is 294 g/mol. The molecule has 0 spiro atoms. The number of hydrogen-bond donors (Lipinski definition) is 1. The first-order valence-electron chi connectivity index (χ1n) is 6.88. The Kier molecular flexibility index (Phi) is 4.41. The van der Waals surface area contributed by atoms with E-state index in [1.54, 1.807) is 11.3 Å². The number of anilines is 1. The second-order valence-corrected chi connectivity index (χ2v) is 6.37. The molecule has 0 saturated carbocycles. The lowest BCUT2D eigenvalue weighted by atomic mass is 10.2. The molecule has 0 bridgehead atoms. The molecule has 1 aromatic heterocycles. The van der Waals surface area contributed by atoms with Gasteiger partial charge < -0.3 is 10.1 Å². The van der Waals surface area contributed by atoms with Gasteiger partial charge in [0.05, 0.1) is 22.9 Å². The van der Waals surface area contributed by atoms with E-state index in [2.05, 4.69) is 22.1 Å². The Bertz CT molecular complexity index is 589. The van der Waals surface area contributed by atoms with Crippen LogP contribution in [0.15, 0.2) is 18.2 Å². The Labute approximate surface area is 127 Å². The fourth-order valence-electron chi connectivity index (χ4n) is 2.37. The lowest BCUT2D eigenvalue weighted by Crippen LogP contribution is -2.45. The summed E-state index contributed by atoms with van der Waals surface area (Å²) in [6, 6.07) is 5.78. The van der Waals surface area contributed by atoms with E-state index >= 15 is 0 Å². The van der Waals surface area contributed by atoms with Gasteiger partial charge in [-0.05, 0) is 24.7 Å². The van der Waals surface area contributed by atoms with Crippen LogP contribution in [0.3, 0.4) is 0 Å². The topological polar surface area (TPSA) is 37.4 Å². The summed E-state index contributed by atoms with van der Waals surface area (Å²) in [4.78, 5) is 6.97. The normalized spacial score (nSPS) is 20.4. The average molecular weight is 312 g/mol. The molecule has 0 amide bonds. The summed E-state index contributed by atoms with van der Waals surface area (Å²) in [5.41, 5.74) is 0.988. The van der Waals surface area contributed by atoms with Crippen LogP contribution in [0.1, 0.15) is 6.92 Å². The molecule has 2 aromatic rings. The van der Waals surface area contributed by atoms with Crippen LogP contribution >= 0.6 is 22.9 Å². The monoisotopic (exact) mass is 311 g/mol. The van der Waals surface area contributed by atoms with E-state index in [9.17, 15) is 0 Å².